The summed E-state index contributed by atoms with van der Waals surface area (Å²) in [5.41, 5.74) is 0.0546. The first-order valence-electron chi connectivity index (χ1n) is 6.62. The Morgan fingerprint density at radius 1 is 1.41 bits per heavy atom. The molecule has 2 N–H and O–H groups in total. The van der Waals surface area contributed by atoms with Crippen molar-refractivity contribution < 1.29 is 9.53 Å². The average molecular weight is 240 g/mol. The summed E-state index contributed by atoms with van der Waals surface area (Å²) in [6, 6.07) is 0.268. The zero-order valence-corrected chi connectivity index (χ0v) is 11.1. The van der Waals surface area contributed by atoms with Crippen molar-refractivity contribution in [2.75, 3.05) is 13.7 Å². The highest BCUT2D eigenvalue weighted by Gasteiger charge is 2.49. The van der Waals surface area contributed by atoms with Gasteiger partial charge in [-0.25, -0.2) is 0 Å². The summed E-state index contributed by atoms with van der Waals surface area (Å²) < 4.78 is 5.39. The van der Waals surface area contributed by atoms with E-state index < -0.39 is 0 Å². The summed E-state index contributed by atoms with van der Waals surface area (Å²) >= 11 is 0. The minimum atomic E-state index is 0.0149. The van der Waals surface area contributed by atoms with E-state index in [1.165, 1.54) is 6.42 Å². The van der Waals surface area contributed by atoms with Crippen molar-refractivity contribution in [3.63, 3.8) is 0 Å². The third kappa shape index (κ3) is 2.47. The number of hydrogen-bond acceptors (Lipinski definition) is 3. The van der Waals surface area contributed by atoms with Crippen LogP contribution >= 0.6 is 0 Å². The molecule has 0 radical (unpaired) electrons. The second-order valence-electron chi connectivity index (χ2n) is 5.85. The average Bonchev–Trinajstić information content (AvgIpc) is 2.34. The third-order valence-electron chi connectivity index (χ3n) is 4.41. The highest BCUT2D eigenvalue weighted by Crippen LogP contribution is 2.42. The quantitative estimate of drug-likeness (QED) is 0.775. The molecule has 2 fully saturated rings. The molecule has 2 rings (SSSR count). The van der Waals surface area contributed by atoms with Crippen LogP contribution in [0.1, 0.15) is 39.5 Å². The molecule has 2 unspecified atom stereocenters. The first kappa shape index (κ1) is 12.8. The van der Waals surface area contributed by atoms with Gasteiger partial charge >= 0.3 is 0 Å². The van der Waals surface area contributed by atoms with Crippen LogP contribution in [0.5, 0.6) is 0 Å². The summed E-state index contributed by atoms with van der Waals surface area (Å²) in [5, 5.41) is 6.44. The van der Waals surface area contributed by atoms with Gasteiger partial charge in [0, 0.05) is 18.6 Å². The van der Waals surface area contributed by atoms with Gasteiger partial charge in [0.1, 0.15) is 0 Å². The Bertz CT molecular complexity index is 285. The molecule has 1 amide bonds. The van der Waals surface area contributed by atoms with Crippen molar-refractivity contribution in [2.45, 2.75) is 57.7 Å². The van der Waals surface area contributed by atoms with E-state index in [0.29, 0.717) is 0 Å². The van der Waals surface area contributed by atoms with E-state index in [1.807, 2.05) is 0 Å². The molecular weight excluding hydrogens is 216 g/mol. The molecule has 98 valence electrons. The Morgan fingerprint density at radius 3 is 2.71 bits per heavy atom. The Labute approximate surface area is 103 Å². The second-order valence-corrected chi connectivity index (χ2v) is 5.85. The van der Waals surface area contributed by atoms with E-state index in [9.17, 15) is 4.79 Å². The van der Waals surface area contributed by atoms with Gasteiger partial charge < -0.3 is 15.4 Å². The molecule has 2 aliphatic rings. The van der Waals surface area contributed by atoms with Crippen molar-refractivity contribution >= 4 is 5.91 Å². The predicted molar refractivity (Wildman–Crippen MR) is 66.8 cm³/mol. The van der Waals surface area contributed by atoms with Gasteiger partial charge in [-0.05, 0) is 25.8 Å². The summed E-state index contributed by atoms with van der Waals surface area (Å²) in [5.74, 6) is 0.164. The van der Waals surface area contributed by atoms with Crippen LogP contribution in [0.15, 0.2) is 0 Å². The van der Waals surface area contributed by atoms with Crippen LogP contribution in [0.4, 0.5) is 0 Å². The SMILES string of the molecule is COC1CC(NC(=O)[C@H]2CCCCN2)C1(C)C. The van der Waals surface area contributed by atoms with Gasteiger partial charge in [-0.15, -0.1) is 0 Å². The fourth-order valence-corrected chi connectivity index (χ4v) is 2.88. The molecule has 1 saturated heterocycles. The molecule has 0 aromatic rings. The number of carbonyl (C=O) groups is 1. The number of hydrogen-bond donors (Lipinski definition) is 2. The number of rotatable bonds is 3. The lowest BCUT2D eigenvalue weighted by Crippen LogP contribution is -2.64. The van der Waals surface area contributed by atoms with E-state index in [4.69, 9.17) is 4.74 Å². The zero-order valence-electron chi connectivity index (χ0n) is 11.1. The molecule has 0 aromatic heterocycles. The maximum absolute atomic E-state index is 12.1. The van der Waals surface area contributed by atoms with Gasteiger partial charge in [-0.1, -0.05) is 20.3 Å². The maximum Gasteiger partial charge on any atom is 0.237 e. The number of ether oxygens (including phenoxy) is 1. The Hall–Kier alpha value is -0.610. The number of nitrogens with one attached hydrogen (secondary N) is 2. The van der Waals surface area contributed by atoms with Gasteiger partial charge in [-0.2, -0.15) is 0 Å². The van der Waals surface area contributed by atoms with E-state index in [-0.39, 0.29) is 29.5 Å². The molecule has 1 aliphatic heterocycles. The Balaban J connectivity index is 1.83. The molecule has 1 heterocycles. The normalized spacial score (nSPS) is 36.1. The maximum atomic E-state index is 12.1. The van der Waals surface area contributed by atoms with E-state index in [1.54, 1.807) is 7.11 Å². The number of amides is 1. The van der Waals surface area contributed by atoms with E-state index >= 15 is 0 Å². The molecule has 4 heteroatoms. The Morgan fingerprint density at radius 2 is 2.18 bits per heavy atom. The van der Waals surface area contributed by atoms with Crippen molar-refractivity contribution in [2.24, 2.45) is 5.41 Å². The summed E-state index contributed by atoms with van der Waals surface area (Å²) in [6.45, 7) is 5.28. The molecule has 4 nitrogen and oxygen atoms in total. The largest absolute Gasteiger partial charge is 0.381 e. The van der Waals surface area contributed by atoms with Gasteiger partial charge in [0.15, 0.2) is 0 Å². The van der Waals surface area contributed by atoms with E-state index in [2.05, 4.69) is 24.5 Å². The molecule has 1 aliphatic carbocycles. The van der Waals surface area contributed by atoms with Crippen LogP contribution in [-0.4, -0.2) is 37.7 Å². The van der Waals surface area contributed by atoms with Gasteiger partial charge in [-0.3, -0.25) is 4.79 Å². The van der Waals surface area contributed by atoms with Crippen molar-refractivity contribution in [1.82, 2.24) is 10.6 Å². The number of carbonyl (C=O) groups excluding carboxylic acids is 1. The molecule has 0 aromatic carbocycles. The van der Waals surface area contributed by atoms with Crippen molar-refractivity contribution in [3.05, 3.63) is 0 Å². The fraction of sp³-hybridized carbons (Fsp3) is 0.923. The highest BCUT2D eigenvalue weighted by molar-refractivity contribution is 5.82. The van der Waals surface area contributed by atoms with Gasteiger partial charge in [0.2, 0.25) is 5.91 Å². The topological polar surface area (TPSA) is 50.4 Å². The standard InChI is InChI=1S/C13H24N2O2/c1-13(2)10(8-11(13)17-3)15-12(16)9-6-4-5-7-14-9/h9-11,14H,4-8H2,1-3H3,(H,15,16)/t9-,10?,11?/m1/s1. The minimum absolute atomic E-state index is 0.0149. The van der Waals surface area contributed by atoms with E-state index in [0.717, 1.165) is 25.8 Å². The number of piperidine rings is 1. The third-order valence-corrected chi connectivity index (χ3v) is 4.41. The molecule has 0 spiro atoms. The highest BCUT2D eigenvalue weighted by atomic mass is 16.5. The summed E-state index contributed by atoms with van der Waals surface area (Å²) in [4.78, 5) is 12.1. The first-order valence-corrected chi connectivity index (χ1v) is 6.62. The second kappa shape index (κ2) is 4.94. The van der Waals surface area contributed by atoms with Crippen LogP contribution in [0.3, 0.4) is 0 Å². The van der Waals surface area contributed by atoms with Crippen LogP contribution in [0, 0.1) is 5.41 Å². The lowest BCUT2D eigenvalue weighted by Gasteiger charge is -2.51. The lowest BCUT2D eigenvalue weighted by atomic mass is 9.64. The zero-order chi connectivity index (χ0) is 12.5. The van der Waals surface area contributed by atoms with Crippen LogP contribution < -0.4 is 10.6 Å². The first-order chi connectivity index (χ1) is 8.05. The lowest BCUT2D eigenvalue weighted by molar-refractivity contribution is -0.134. The molecular formula is C13H24N2O2. The monoisotopic (exact) mass is 240 g/mol. The van der Waals surface area contributed by atoms with Crippen LogP contribution in [-0.2, 0) is 9.53 Å². The summed E-state index contributed by atoms with van der Waals surface area (Å²) in [7, 11) is 1.74. The Kier molecular flexibility index (Phi) is 3.73. The molecule has 17 heavy (non-hydrogen) atoms. The fourth-order valence-electron chi connectivity index (χ4n) is 2.88. The van der Waals surface area contributed by atoms with Crippen LogP contribution in [0.2, 0.25) is 0 Å². The van der Waals surface area contributed by atoms with Crippen molar-refractivity contribution in [3.8, 4) is 0 Å². The van der Waals surface area contributed by atoms with Gasteiger partial charge in [0.05, 0.1) is 12.1 Å². The van der Waals surface area contributed by atoms with Gasteiger partial charge in [0.25, 0.3) is 0 Å². The molecule has 0 bridgehead atoms. The number of methoxy groups -OCH3 is 1. The smallest absolute Gasteiger partial charge is 0.237 e. The van der Waals surface area contributed by atoms with Crippen molar-refractivity contribution in [1.29, 1.82) is 0 Å². The van der Waals surface area contributed by atoms with Crippen LogP contribution in [0.25, 0.3) is 0 Å². The molecule has 3 atom stereocenters. The predicted octanol–water partition coefficient (Wildman–Crippen LogP) is 1.06. The minimum Gasteiger partial charge on any atom is -0.381 e. The summed E-state index contributed by atoms with van der Waals surface area (Å²) in [6.07, 6.45) is 4.51. The molecule has 1 saturated carbocycles.